The van der Waals surface area contributed by atoms with Gasteiger partial charge in [0.2, 0.25) is 0 Å². The molecule has 1 aromatic heterocycles. The van der Waals surface area contributed by atoms with E-state index in [0.717, 1.165) is 29.8 Å². The molecular weight excluding hydrogens is 276 g/mol. The molecule has 6 heteroatoms. The molecule has 1 aliphatic rings. The lowest BCUT2D eigenvalue weighted by Crippen LogP contribution is -2.26. The highest BCUT2D eigenvalue weighted by molar-refractivity contribution is 6.30. The number of nitrogens with two attached hydrogens (primary N) is 1. The topological polar surface area (TPSA) is 72.9 Å². The van der Waals surface area contributed by atoms with Crippen LogP contribution in [0.25, 0.3) is 0 Å². The number of fused-ring (bicyclic) bond motifs is 1. The molecule has 1 amide bonds. The van der Waals surface area contributed by atoms with E-state index in [1.807, 2.05) is 28.9 Å². The molecule has 3 rings (SSSR count). The number of primary amides is 1. The minimum Gasteiger partial charge on any atom is -0.364 e. The van der Waals surface area contributed by atoms with Crippen molar-refractivity contribution in [3.8, 4) is 0 Å². The van der Waals surface area contributed by atoms with E-state index >= 15 is 0 Å². The first-order valence-electron chi connectivity index (χ1n) is 6.48. The van der Waals surface area contributed by atoms with Gasteiger partial charge >= 0.3 is 0 Å². The molecule has 104 valence electrons. The van der Waals surface area contributed by atoms with Crippen molar-refractivity contribution < 1.29 is 4.79 Å². The van der Waals surface area contributed by atoms with E-state index in [4.69, 9.17) is 17.3 Å². The lowest BCUT2D eigenvalue weighted by molar-refractivity contribution is 0.0993. The Kier molecular flexibility index (Phi) is 3.46. The molecule has 0 radical (unpaired) electrons. The Bertz CT molecular complexity index is 665. The van der Waals surface area contributed by atoms with E-state index in [1.165, 1.54) is 0 Å². The number of hydrogen-bond acceptors (Lipinski definition) is 3. The number of benzene rings is 1. The van der Waals surface area contributed by atoms with Crippen LogP contribution in [-0.2, 0) is 19.5 Å². The minimum atomic E-state index is -0.477. The van der Waals surface area contributed by atoms with E-state index in [9.17, 15) is 4.79 Å². The highest BCUT2D eigenvalue weighted by atomic mass is 35.5. The Hall–Kier alpha value is -1.85. The van der Waals surface area contributed by atoms with Crippen LogP contribution in [0, 0.1) is 0 Å². The number of hydrogen-bond donors (Lipinski definition) is 2. The van der Waals surface area contributed by atoms with Gasteiger partial charge in [-0.1, -0.05) is 23.7 Å². The number of nitrogens with one attached hydrogen (secondary N) is 1. The fourth-order valence-electron chi connectivity index (χ4n) is 2.56. The van der Waals surface area contributed by atoms with Crippen LogP contribution in [-0.4, -0.2) is 22.2 Å². The van der Waals surface area contributed by atoms with Crippen molar-refractivity contribution in [2.45, 2.75) is 19.5 Å². The number of nitrogens with zero attached hydrogens (tertiary/aromatic N) is 2. The van der Waals surface area contributed by atoms with Gasteiger partial charge in [0.25, 0.3) is 5.91 Å². The predicted molar refractivity (Wildman–Crippen MR) is 76.7 cm³/mol. The van der Waals surface area contributed by atoms with Crippen LogP contribution in [0.2, 0.25) is 5.02 Å². The Morgan fingerprint density at radius 2 is 2.35 bits per heavy atom. The van der Waals surface area contributed by atoms with Crippen LogP contribution in [0.5, 0.6) is 0 Å². The highest BCUT2D eigenvalue weighted by Gasteiger charge is 2.23. The standard InChI is InChI=1S/C14H15ClN4O/c15-10-3-1-2-9(6-10)8-19-12-4-5-17-7-11(12)13(18-19)14(16)20/h1-3,6,17H,4-5,7-8H2,(H2,16,20). The van der Waals surface area contributed by atoms with Gasteiger partial charge in [-0.3, -0.25) is 9.48 Å². The number of carbonyl (C=O) groups excluding carboxylic acids is 1. The van der Waals surface area contributed by atoms with Crippen LogP contribution in [0.4, 0.5) is 0 Å². The van der Waals surface area contributed by atoms with E-state index in [1.54, 1.807) is 0 Å². The molecule has 0 saturated carbocycles. The van der Waals surface area contributed by atoms with E-state index in [2.05, 4.69) is 10.4 Å². The molecule has 2 heterocycles. The first-order valence-corrected chi connectivity index (χ1v) is 6.86. The van der Waals surface area contributed by atoms with Crippen LogP contribution < -0.4 is 11.1 Å². The summed E-state index contributed by atoms with van der Waals surface area (Å²) in [6, 6.07) is 7.64. The maximum Gasteiger partial charge on any atom is 0.269 e. The summed E-state index contributed by atoms with van der Waals surface area (Å²) in [5.74, 6) is -0.477. The average molecular weight is 291 g/mol. The molecule has 0 aliphatic carbocycles. The molecule has 0 fully saturated rings. The summed E-state index contributed by atoms with van der Waals surface area (Å²) in [6.07, 6.45) is 0.843. The second kappa shape index (κ2) is 5.26. The molecule has 0 atom stereocenters. The van der Waals surface area contributed by atoms with E-state index in [0.29, 0.717) is 23.8 Å². The van der Waals surface area contributed by atoms with Crippen molar-refractivity contribution in [2.24, 2.45) is 5.73 Å². The van der Waals surface area contributed by atoms with E-state index in [-0.39, 0.29) is 0 Å². The van der Waals surface area contributed by atoms with Crippen molar-refractivity contribution in [3.05, 3.63) is 51.8 Å². The molecule has 20 heavy (non-hydrogen) atoms. The van der Waals surface area contributed by atoms with Crippen molar-refractivity contribution in [3.63, 3.8) is 0 Å². The van der Waals surface area contributed by atoms with Crippen molar-refractivity contribution in [1.29, 1.82) is 0 Å². The molecule has 0 unspecified atom stereocenters. The minimum absolute atomic E-state index is 0.370. The van der Waals surface area contributed by atoms with Crippen molar-refractivity contribution in [1.82, 2.24) is 15.1 Å². The van der Waals surface area contributed by atoms with Gasteiger partial charge in [0.05, 0.1) is 6.54 Å². The zero-order valence-corrected chi connectivity index (χ0v) is 11.7. The third-order valence-corrected chi connectivity index (χ3v) is 3.70. The third-order valence-electron chi connectivity index (χ3n) is 3.46. The van der Waals surface area contributed by atoms with Gasteiger partial charge in [0, 0.05) is 35.8 Å². The number of rotatable bonds is 3. The molecule has 2 aromatic rings. The first kappa shape index (κ1) is 13.1. The molecule has 1 aromatic carbocycles. The lowest BCUT2D eigenvalue weighted by Gasteiger charge is -2.15. The lowest BCUT2D eigenvalue weighted by atomic mass is 10.1. The van der Waals surface area contributed by atoms with Crippen molar-refractivity contribution in [2.75, 3.05) is 6.54 Å². The zero-order valence-electron chi connectivity index (χ0n) is 10.9. The zero-order chi connectivity index (χ0) is 14.1. The summed E-state index contributed by atoms with van der Waals surface area (Å²) in [4.78, 5) is 11.5. The van der Waals surface area contributed by atoms with Crippen LogP contribution in [0.3, 0.4) is 0 Å². The first-order chi connectivity index (χ1) is 9.65. The molecule has 3 N–H and O–H groups in total. The summed E-state index contributed by atoms with van der Waals surface area (Å²) in [5.41, 5.74) is 8.83. The average Bonchev–Trinajstić information content (AvgIpc) is 2.78. The second-order valence-electron chi connectivity index (χ2n) is 4.85. The summed E-state index contributed by atoms with van der Waals surface area (Å²) < 4.78 is 1.86. The molecule has 0 saturated heterocycles. The Balaban J connectivity index is 1.99. The molecule has 0 bridgehead atoms. The van der Waals surface area contributed by atoms with Gasteiger partial charge < -0.3 is 11.1 Å². The molecule has 5 nitrogen and oxygen atoms in total. The quantitative estimate of drug-likeness (QED) is 0.896. The van der Waals surface area contributed by atoms with Gasteiger partial charge in [-0.25, -0.2) is 0 Å². The Morgan fingerprint density at radius 3 is 3.10 bits per heavy atom. The fraction of sp³-hybridized carbons (Fsp3) is 0.286. The van der Waals surface area contributed by atoms with Gasteiger partial charge in [-0.05, 0) is 17.7 Å². The monoisotopic (exact) mass is 290 g/mol. The highest BCUT2D eigenvalue weighted by Crippen LogP contribution is 2.20. The summed E-state index contributed by atoms with van der Waals surface area (Å²) >= 11 is 6.00. The SMILES string of the molecule is NC(=O)c1nn(Cc2cccc(Cl)c2)c2c1CNCC2. The van der Waals surface area contributed by atoms with Gasteiger partial charge in [0.1, 0.15) is 0 Å². The van der Waals surface area contributed by atoms with Gasteiger partial charge in [-0.2, -0.15) is 5.10 Å². The maximum atomic E-state index is 11.5. The van der Waals surface area contributed by atoms with Crippen molar-refractivity contribution >= 4 is 17.5 Å². The maximum absolute atomic E-state index is 11.5. The smallest absolute Gasteiger partial charge is 0.269 e. The van der Waals surface area contributed by atoms with Gasteiger partial charge in [-0.15, -0.1) is 0 Å². The summed E-state index contributed by atoms with van der Waals surface area (Å²) in [7, 11) is 0. The predicted octanol–water partition coefficient (Wildman–Crippen LogP) is 1.33. The Labute approximate surface area is 121 Å². The number of carbonyl (C=O) groups is 1. The number of amides is 1. The number of halogens is 1. The summed E-state index contributed by atoms with van der Waals surface area (Å²) in [6.45, 7) is 2.12. The number of aromatic nitrogens is 2. The van der Waals surface area contributed by atoms with Crippen LogP contribution >= 0.6 is 11.6 Å². The van der Waals surface area contributed by atoms with Crippen LogP contribution in [0.15, 0.2) is 24.3 Å². The molecule has 1 aliphatic heterocycles. The Morgan fingerprint density at radius 1 is 1.50 bits per heavy atom. The largest absolute Gasteiger partial charge is 0.364 e. The van der Waals surface area contributed by atoms with Crippen LogP contribution in [0.1, 0.15) is 27.3 Å². The second-order valence-corrected chi connectivity index (χ2v) is 5.29. The molecular formula is C14H15ClN4O. The third kappa shape index (κ3) is 2.42. The molecule has 0 spiro atoms. The fourth-order valence-corrected chi connectivity index (χ4v) is 2.77. The summed E-state index contributed by atoms with van der Waals surface area (Å²) in [5, 5.41) is 8.31. The normalized spacial score (nSPS) is 14.1. The van der Waals surface area contributed by atoms with E-state index < -0.39 is 5.91 Å². The van der Waals surface area contributed by atoms with Gasteiger partial charge in [0.15, 0.2) is 5.69 Å².